The summed E-state index contributed by atoms with van der Waals surface area (Å²) in [5.41, 5.74) is 11.0. The Hall–Kier alpha value is -3.22. The molecule has 4 aromatic carbocycles. The van der Waals surface area contributed by atoms with Crippen molar-refractivity contribution in [1.29, 1.82) is 0 Å². The number of fused-ring (bicyclic) bond motifs is 2. The molecule has 0 aliphatic carbocycles. The van der Waals surface area contributed by atoms with Crippen LogP contribution in [-0.2, 0) is 68.4 Å². The quantitative estimate of drug-likeness (QED) is 0.297. The Morgan fingerprint density at radius 2 is 0.763 bits per heavy atom. The number of hydrogen-bond acceptors (Lipinski definition) is 4. The minimum Gasteiger partial charge on any atom is -0.228 e. The summed E-state index contributed by atoms with van der Waals surface area (Å²) in [6.07, 6.45) is 3.76. The molecule has 6 heteroatoms. The Bertz CT molecular complexity index is 1720. The van der Waals surface area contributed by atoms with Crippen LogP contribution in [-0.4, -0.2) is 16.8 Å². The maximum atomic E-state index is 11.9. The Morgan fingerprint density at radius 1 is 0.395 bits per heavy atom. The molecule has 0 amide bonds. The van der Waals surface area contributed by atoms with Gasteiger partial charge in [0.1, 0.15) is 0 Å². The van der Waals surface area contributed by atoms with Crippen LogP contribution in [0.2, 0.25) is 0 Å². The predicted molar refractivity (Wildman–Crippen MR) is 152 cm³/mol. The Balaban J connectivity index is 1.02. The van der Waals surface area contributed by atoms with Gasteiger partial charge in [-0.05, 0) is 87.4 Å². The third-order valence-corrected chi connectivity index (χ3v) is 10.7. The van der Waals surface area contributed by atoms with Gasteiger partial charge in [-0.3, -0.25) is 0 Å². The van der Waals surface area contributed by atoms with E-state index in [-0.39, 0.29) is 23.0 Å². The van der Waals surface area contributed by atoms with E-state index in [0.29, 0.717) is 0 Å². The van der Waals surface area contributed by atoms with Crippen molar-refractivity contribution in [1.82, 2.24) is 0 Å². The number of benzene rings is 4. The van der Waals surface area contributed by atoms with E-state index in [4.69, 9.17) is 0 Å². The van der Waals surface area contributed by atoms with Crippen molar-refractivity contribution in [3.8, 4) is 11.1 Å². The van der Waals surface area contributed by atoms with Crippen LogP contribution in [0.5, 0.6) is 0 Å². The average molecular weight is 543 g/mol. The predicted octanol–water partition coefficient (Wildman–Crippen LogP) is 5.78. The second kappa shape index (κ2) is 9.83. The van der Waals surface area contributed by atoms with Crippen molar-refractivity contribution in [2.24, 2.45) is 0 Å². The molecule has 2 aliphatic rings. The van der Waals surface area contributed by atoms with Gasteiger partial charge in [0.2, 0.25) is 0 Å². The molecule has 0 unspecified atom stereocenters. The van der Waals surface area contributed by atoms with Crippen LogP contribution in [0.15, 0.2) is 84.9 Å². The summed E-state index contributed by atoms with van der Waals surface area (Å²) in [5, 5.41) is 0. The van der Waals surface area contributed by atoms with E-state index in [1.165, 1.54) is 22.3 Å². The van der Waals surface area contributed by atoms with Crippen molar-refractivity contribution in [2.45, 2.75) is 48.7 Å². The van der Waals surface area contributed by atoms with Crippen molar-refractivity contribution >= 4 is 19.7 Å². The minimum absolute atomic E-state index is 0.146. The van der Waals surface area contributed by atoms with Crippen molar-refractivity contribution in [3.63, 3.8) is 0 Å². The summed E-state index contributed by atoms with van der Waals surface area (Å²) in [6.45, 7) is 0. The van der Waals surface area contributed by atoms with Gasteiger partial charge in [0, 0.05) is 0 Å². The van der Waals surface area contributed by atoms with Gasteiger partial charge in [-0.2, -0.15) is 0 Å². The smallest absolute Gasteiger partial charge is 0.158 e. The first-order valence-corrected chi connectivity index (χ1v) is 16.7. The molecule has 194 valence electrons. The van der Waals surface area contributed by atoms with Gasteiger partial charge in [-0.1, -0.05) is 78.9 Å². The average Bonchev–Trinajstić information content (AvgIpc) is 3.38. The van der Waals surface area contributed by atoms with E-state index < -0.39 is 19.7 Å². The van der Waals surface area contributed by atoms with Crippen LogP contribution in [0.3, 0.4) is 0 Å². The molecule has 38 heavy (non-hydrogen) atoms. The maximum absolute atomic E-state index is 11.9. The van der Waals surface area contributed by atoms with E-state index in [9.17, 15) is 16.8 Å². The van der Waals surface area contributed by atoms with Crippen LogP contribution < -0.4 is 0 Å². The van der Waals surface area contributed by atoms with Crippen molar-refractivity contribution in [2.75, 3.05) is 0 Å². The molecule has 2 heterocycles. The van der Waals surface area contributed by atoms with Crippen LogP contribution >= 0.6 is 0 Å². The van der Waals surface area contributed by atoms with Crippen molar-refractivity contribution < 1.29 is 16.8 Å². The molecule has 0 saturated carbocycles. The molecule has 0 fully saturated rings. The SMILES string of the molecule is O=S1(=O)Cc2ccc(CCc3ccc(CCc4ccc(-c5ccc6c(c5)CS(=O)(=O)C6)cc4)cc3)cc2C1. The molecule has 4 aromatic rings. The molecule has 0 radical (unpaired) electrons. The fourth-order valence-corrected chi connectivity index (χ4v) is 8.75. The molecule has 0 N–H and O–H groups in total. The summed E-state index contributed by atoms with van der Waals surface area (Å²) in [7, 11) is -5.95. The summed E-state index contributed by atoms with van der Waals surface area (Å²) in [4.78, 5) is 0. The fourth-order valence-electron chi connectivity index (χ4n) is 5.55. The third kappa shape index (κ3) is 5.62. The molecular formula is C32H30O4S2. The van der Waals surface area contributed by atoms with Gasteiger partial charge in [0.15, 0.2) is 19.7 Å². The van der Waals surface area contributed by atoms with Gasteiger partial charge < -0.3 is 0 Å². The number of rotatable bonds is 7. The molecule has 6 rings (SSSR count). The van der Waals surface area contributed by atoms with Gasteiger partial charge >= 0.3 is 0 Å². The Labute approximate surface area is 225 Å². The highest BCUT2D eigenvalue weighted by Gasteiger charge is 2.25. The second-order valence-corrected chi connectivity index (χ2v) is 14.8. The molecule has 4 nitrogen and oxygen atoms in total. The summed E-state index contributed by atoms with van der Waals surface area (Å²) in [6, 6.07) is 29.5. The molecule has 0 atom stereocenters. The van der Waals surface area contributed by atoms with Crippen LogP contribution in [0, 0.1) is 0 Å². The van der Waals surface area contributed by atoms with Gasteiger partial charge in [-0.25, -0.2) is 16.8 Å². The monoisotopic (exact) mass is 542 g/mol. The third-order valence-electron chi connectivity index (χ3n) is 7.69. The minimum atomic E-state index is -2.99. The summed E-state index contributed by atoms with van der Waals surface area (Å²) >= 11 is 0. The lowest BCUT2D eigenvalue weighted by Gasteiger charge is -2.08. The van der Waals surface area contributed by atoms with Crippen LogP contribution in [0.25, 0.3) is 11.1 Å². The topological polar surface area (TPSA) is 68.3 Å². The van der Waals surface area contributed by atoms with Gasteiger partial charge in [0.25, 0.3) is 0 Å². The number of aryl methyl sites for hydroxylation is 4. The molecular weight excluding hydrogens is 512 g/mol. The lowest BCUT2D eigenvalue weighted by atomic mass is 9.97. The van der Waals surface area contributed by atoms with Crippen LogP contribution in [0.4, 0.5) is 0 Å². The molecule has 0 aromatic heterocycles. The van der Waals surface area contributed by atoms with E-state index in [0.717, 1.165) is 59.1 Å². The summed E-state index contributed by atoms with van der Waals surface area (Å²) < 4.78 is 47.6. The largest absolute Gasteiger partial charge is 0.228 e. The highest BCUT2D eigenvalue weighted by atomic mass is 32.2. The fraction of sp³-hybridized carbons (Fsp3) is 0.250. The van der Waals surface area contributed by atoms with E-state index in [1.54, 1.807) is 0 Å². The Morgan fingerprint density at radius 3 is 1.32 bits per heavy atom. The van der Waals surface area contributed by atoms with E-state index >= 15 is 0 Å². The normalized spacial score (nSPS) is 16.7. The maximum Gasteiger partial charge on any atom is 0.158 e. The van der Waals surface area contributed by atoms with E-state index in [2.05, 4.69) is 60.7 Å². The lowest BCUT2D eigenvalue weighted by Crippen LogP contribution is -1.96. The lowest BCUT2D eigenvalue weighted by molar-refractivity contribution is 0.596. The van der Waals surface area contributed by atoms with Crippen molar-refractivity contribution in [3.05, 3.63) is 129 Å². The molecule has 0 spiro atoms. The molecule has 0 saturated heterocycles. The zero-order chi connectivity index (χ0) is 26.3. The van der Waals surface area contributed by atoms with Crippen LogP contribution in [0.1, 0.15) is 44.5 Å². The Kier molecular flexibility index (Phi) is 6.48. The zero-order valence-electron chi connectivity index (χ0n) is 21.2. The highest BCUT2D eigenvalue weighted by molar-refractivity contribution is 7.90. The highest BCUT2D eigenvalue weighted by Crippen LogP contribution is 2.30. The number of hydrogen-bond donors (Lipinski definition) is 0. The molecule has 2 aliphatic heterocycles. The first kappa shape index (κ1) is 25.1. The van der Waals surface area contributed by atoms with E-state index in [1.807, 2.05) is 24.3 Å². The zero-order valence-corrected chi connectivity index (χ0v) is 22.8. The first-order chi connectivity index (χ1) is 18.2. The van der Waals surface area contributed by atoms with Gasteiger partial charge in [0.05, 0.1) is 23.0 Å². The molecule has 0 bridgehead atoms. The number of sulfone groups is 2. The first-order valence-electron chi connectivity index (χ1n) is 13.0. The second-order valence-electron chi connectivity index (χ2n) is 10.7. The summed E-state index contributed by atoms with van der Waals surface area (Å²) in [5.74, 6) is 0.657. The van der Waals surface area contributed by atoms with Gasteiger partial charge in [-0.15, -0.1) is 0 Å². The standard InChI is InChI=1S/C32H30O4S2/c33-37(34)19-29-14-11-26(17-31(29)21-37)8-7-24-3-1-23(2-4-24)5-6-25-9-12-27(13-10-25)28-15-16-30-20-38(35,36)22-32(30)18-28/h1-4,9-18H,5-8,19-22H2.